The number of hydrogen-bond acceptors (Lipinski definition) is 6. The van der Waals surface area contributed by atoms with Crippen molar-refractivity contribution in [3.8, 4) is 11.5 Å². The Morgan fingerprint density at radius 3 is 2.46 bits per heavy atom. The van der Waals surface area contributed by atoms with Gasteiger partial charge in [0.25, 0.3) is 5.91 Å². The van der Waals surface area contributed by atoms with E-state index in [4.69, 9.17) is 9.26 Å². The molecule has 0 N–H and O–H groups in total. The second-order valence-electron chi connectivity index (χ2n) is 6.56. The van der Waals surface area contributed by atoms with Crippen LogP contribution in [0.1, 0.15) is 28.9 Å². The molecule has 2 atom stereocenters. The lowest BCUT2D eigenvalue weighted by molar-refractivity contribution is -0.385. The number of hydrogen-bond donors (Lipinski definition) is 0. The maximum atomic E-state index is 12.1. The average molecular weight is 405 g/mol. The van der Waals surface area contributed by atoms with Crippen molar-refractivity contribution in [1.29, 1.82) is 0 Å². The van der Waals surface area contributed by atoms with Gasteiger partial charge in [0.1, 0.15) is 5.75 Å². The zero-order valence-corrected chi connectivity index (χ0v) is 17.5. The van der Waals surface area contributed by atoms with Gasteiger partial charge < -0.3 is 14.2 Å². The van der Waals surface area contributed by atoms with Crippen molar-refractivity contribution in [2.75, 3.05) is 28.2 Å². The first-order valence-electron chi connectivity index (χ1n) is 8.55. The van der Waals surface area contributed by atoms with Gasteiger partial charge in [0.2, 0.25) is 5.75 Å². The van der Waals surface area contributed by atoms with E-state index < -0.39 is 4.92 Å². The second-order valence-corrected chi connectivity index (χ2v) is 7.87. The number of amides is 1. The lowest BCUT2D eigenvalue weighted by Gasteiger charge is -2.17. The van der Waals surface area contributed by atoms with Crippen LogP contribution in [0, 0.1) is 10.1 Å². The van der Waals surface area contributed by atoms with E-state index in [0.717, 1.165) is 5.56 Å². The molecule has 150 valence electrons. The Hall–Kier alpha value is -2.54. The normalized spacial score (nSPS) is 12.4. The van der Waals surface area contributed by atoms with E-state index in [1.54, 1.807) is 50.5 Å². The maximum absolute atomic E-state index is 12.1. The van der Waals surface area contributed by atoms with Crippen molar-refractivity contribution in [1.82, 2.24) is 9.57 Å². The Labute approximate surface area is 166 Å². The number of carbonyl (C=O) groups excluding carboxylic acids is 1. The van der Waals surface area contributed by atoms with Crippen LogP contribution in [-0.4, -0.2) is 48.6 Å². The molecular weight excluding hydrogens is 381 g/mol. The summed E-state index contributed by atoms with van der Waals surface area (Å²) in [5, 5.41) is 11.4. The Morgan fingerprint density at radius 1 is 1.14 bits per heavy atom. The summed E-state index contributed by atoms with van der Waals surface area (Å²) in [6.07, 6.45) is -0.259. The summed E-state index contributed by atoms with van der Waals surface area (Å²) in [6, 6.07) is 11.2. The summed E-state index contributed by atoms with van der Waals surface area (Å²) in [6.45, 7) is 1.87. The lowest BCUT2D eigenvalue weighted by Crippen LogP contribution is -2.21. The highest BCUT2D eigenvalue weighted by Gasteiger charge is 2.19. The van der Waals surface area contributed by atoms with Gasteiger partial charge in [-0.05, 0) is 56.9 Å². The van der Waals surface area contributed by atoms with Gasteiger partial charge in [-0.25, -0.2) is 0 Å². The summed E-state index contributed by atoms with van der Waals surface area (Å²) < 4.78 is 13.4. The third kappa shape index (κ3) is 5.73. The van der Waals surface area contributed by atoms with Crippen molar-refractivity contribution in [2.45, 2.75) is 13.0 Å². The molecule has 0 fully saturated rings. The number of benzene rings is 2. The Bertz CT molecular complexity index is 857. The van der Waals surface area contributed by atoms with Gasteiger partial charge in [0.15, 0.2) is 0 Å². The third-order valence-electron chi connectivity index (χ3n) is 3.78. The van der Waals surface area contributed by atoms with Crippen LogP contribution in [-0.2, 0) is 4.52 Å². The minimum absolute atomic E-state index is 0.0978. The molecule has 2 rings (SSSR count). The van der Waals surface area contributed by atoms with Crippen molar-refractivity contribution in [3.63, 3.8) is 0 Å². The number of nitro groups is 1. The van der Waals surface area contributed by atoms with Crippen LogP contribution in [0.15, 0.2) is 42.5 Å². The smallest absolute Gasteiger partial charge is 0.311 e. The van der Waals surface area contributed by atoms with Crippen molar-refractivity contribution in [3.05, 3.63) is 63.7 Å². The highest BCUT2D eigenvalue weighted by atomic mass is 31.1. The molecule has 0 saturated heterocycles. The zero-order chi connectivity index (χ0) is 20.8. The number of carbonyl (C=O) groups is 1. The van der Waals surface area contributed by atoms with E-state index in [2.05, 4.69) is 0 Å². The van der Waals surface area contributed by atoms with Gasteiger partial charge >= 0.3 is 5.69 Å². The SMILES string of the molecule is CC(OPN(C)C)c1ccc([N+](=O)[O-])c(Oc2cccc(C(=O)N(C)C)c2)c1. The van der Waals surface area contributed by atoms with Crippen LogP contribution in [0.4, 0.5) is 5.69 Å². The second kappa shape index (κ2) is 9.59. The van der Waals surface area contributed by atoms with Gasteiger partial charge in [0, 0.05) is 25.7 Å². The van der Waals surface area contributed by atoms with Crippen LogP contribution in [0.2, 0.25) is 0 Å². The first kappa shape index (κ1) is 21.8. The monoisotopic (exact) mass is 405 g/mol. The molecule has 28 heavy (non-hydrogen) atoms. The molecule has 0 heterocycles. The highest BCUT2D eigenvalue weighted by Crippen LogP contribution is 2.36. The molecule has 0 radical (unpaired) electrons. The molecule has 2 unspecified atom stereocenters. The molecule has 1 amide bonds. The Balaban J connectivity index is 2.33. The lowest BCUT2D eigenvalue weighted by atomic mass is 10.1. The molecule has 0 aliphatic rings. The van der Waals surface area contributed by atoms with Crippen LogP contribution < -0.4 is 4.74 Å². The van der Waals surface area contributed by atoms with Crippen LogP contribution in [0.25, 0.3) is 0 Å². The van der Waals surface area contributed by atoms with E-state index in [1.807, 2.05) is 25.7 Å². The number of rotatable bonds is 8. The molecule has 0 aliphatic heterocycles. The van der Waals surface area contributed by atoms with E-state index in [1.165, 1.54) is 11.0 Å². The highest BCUT2D eigenvalue weighted by molar-refractivity contribution is 7.29. The fourth-order valence-corrected chi connectivity index (χ4v) is 2.85. The largest absolute Gasteiger partial charge is 0.450 e. The first-order chi connectivity index (χ1) is 13.2. The van der Waals surface area contributed by atoms with E-state index in [-0.39, 0.29) is 32.4 Å². The minimum atomic E-state index is -0.499. The van der Waals surface area contributed by atoms with Gasteiger partial charge in [-0.3, -0.25) is 19.6 Å². The molecule has 0 spiro atoms. The minimum Gasteiger partial charge on any atom is -0.450 e. The molecule has 8 nitrogen and oxygen atoms in total. The Kier molecular flexibility index (Phi) is 7.45. The summed E-state index contributed by atoms with van der Waals surface area (Å²) in [5.41, 5.74) is 1.04. The summed E-state index contributed by atoms with van der Waals surface area (Å²) in [7, 11) is 7.27. The molecular formula is C19H24N3O5P. The van der Waals surface area contributed by atoms with Crippen molar-refractivity contribution in [2.24, 2.45) is 0 Å². The predicted molar refractivity (Wildman–Crippen MR) is 109 cm³/mol. The predicted octanol–water partition coefficient (Wildman–Crippen LogP) is 4.24. The topological polar surface area (TPSA) is 85.1 Å². The van der Waals surface area contributed by atoms with E-state index in [9.17, 15) is 14.9 Å². The summed E-state index contributed by atoms with van der Waals surface area (Å²) in [4.78, 5) is 24.5. The van der Waals surface area contributed by atoms with Crippen molar-refractivity contribution < 1.29 is 19.0 Å². The summed E-state index contributed by atoms with van der Waals surface area (Å²) >= 11 is 0. The molecule has 2 aromatic carbocycles. The van der Waals surface area contributed by atoms with E-state index >= 15 is 0 Å². The molecule has 2 aromatic rings. The van der Waals surface area contributed by atoms with Crippen molar-refractivity contribution >= 4 is 20.6 Å². The summed E-state index contributed by atoms with van der Waals surface area (Å²) in [5.74, 6) is 0.262. The van der Waals surface area contributed by atoms with Gasteiger partial charge in [-0.15, -0.1) is 0 Å². The van der Waals surface area contributed by atoms with Crippen LogP contribution in [0.3, 0.4) is 0 Å². The quantitative estimate of drug-likeness (QED) is 0.371. The molecule has 0 aromatic heterocycles. The fourth-order valence-electron chi connectivity index (χ4n) is 2.35. The van der Waals surface area contributed by atoms with Gasteiger partial charge in [-0.2, -0.15) is 0 Å². The standard InChI is InChI=1S/C19H24N3O5P/c1-13(27-28-21(4)5)14-9-10-17(22(24)25)18(12-14)26-16-8-6-7-15(11-16)19(23)20(2)3/h6-13,28H,1-5H3. The van der Waals surface area contributed by atoms with Crippen LogP contribution in [0.5, 0.6) is 11.5 Å². The van der Waals surface area contributed by atoms with E-state index in [0.29, 0.717) is 11.3 Å². The third-order valence-corrected chi connectivity index (χ3v) is 4.60. The van der Waals surface area contributed by atoms with Gasteiger partial charge in [0.05, 0.1) is 20.0 Å². The molecule has 0 bridgehead atoms. The first-order valence-corrected chi connectivity index (χ1v) is 9.41. The van der Waals surface area contributed by atoms with Gasteiger partial charge in [-0.1, -0.05) is 6.07 Å². The number of nitro benzene ring substituents is 1. The fraction of sp³-hybridized carbons (Fsp3) is 0.316. The molecule has 0 aliphatic carbocycles. The maximum Gasteiger partial charge on any atom is 0.311 e. The van der Waals surface area contributed by atoms with Crippen LogP contribution >= 0.6 is 8.96 Å². The zero-order valence-electron chi connectivity index (χ0n) is 16.5. The molecule has 0 saturated carbocycles. The number of ether oxygens (including phenoxy) is 1. The number of nitrogens with zero attached hydrogens (tertiary/aromatic N) is 3. The Morgan fingerprint density at radius 2 is 1.86 bits per heavy atom. The molecule has 9 heteroatoms. The average Bonchev–Trinajstić information content (AvgIpc) is 2.65.